The van der Waals surface area contributed by atoms with Gasteiger partial charge in [0.25, 0.3) is 0 Å². The van der Waals surface area contributed by atoms with Crippen LogP contribution in [0.5, 0.6) is 0 Å². The van der Waals surface area contributed by atoms with Crippen LogP contribution in [0.3, 0.4) is 0 Å². The molecule has 0 saturated carbocycles. The van der Waals surface area contributed by atoms with Crippen LogP contribution in [0, 0.1) is 0 Å². The van der Waals surface area contributed by atoms with Gasteiger partial charge >= 0.3 is 0 Å². The highest BCUT2D eigenvalue weighted by Crippen LogP contribution is 2.48. The Morgan fingerprint density at radius 3 is 2.74 bits per heavy atom. The Kier molecular flexibility index (Phi) is 5.13. The van der Waals surface area contributed by atoms with E-state index in [1.807, 2.05) is 31.4 Å². The molecule has 0 saturated heterocycles. The number of nitrogens with zero attached hydrogens (tertiary/aromatic N) is 3. The number of anilines is 2. The van der Waals surface area contributed by atoms with E-state index < -0.39 is 0 Å². The molecule has 1 heterocycles. The van der Waals surface area contributed by atoms with Gasteiger partial charge in [0.15, 0.2) is 0 Å². The van der Waals surface area contributed by atoms with E-state index >= 15 is 0 Å². The first-order valence-corrected chi connectivity index (χ1v) is 8.85. The summed E-state index contributed by atoms with van der Waals surface area (Å²) < 4.78 is 0. The number of aliphatic imine (C=N–C) groups is 1. The lowest BCUT2D eigenvalue weighted by Crippen LogP contribution is -2.22. The van der Waals surface area contributed by atoms with Crippen molar-refractivity contribution >= 4 is 41.1 Å². The monoisotopic (exact) mass is 345 g/mol. The minimum Gasteiger partial charge on any atom is -0.369 e. The van der Waals surface area contributed by atoms with Crippen LogP contribution in [0.2, 0.25) is 5.02 Å². The van der Waals surface area contributed by atoms with Gasteiger partial charge in [0.1, 0.15) is 0 Å². The van der Waals surface area contributed by atoms with Crippen molar-refractivity contribution in [1.29, 1.82) is 0 Å². The summed E-state index contributed by atoms with van der Waals surface area (Å²) in [4.78, 5) is 11.3. The van der Waals surface area contributed by atoms with E-state index in [-0.39, 0.29) is 0 Å². The van der Waals surface area contributed by atoms with Crippen molar-refractivity contribution in [1.82, 2.24) is 4.90 Å². The quantitative estimate of drug-likeness (QED) is 0.435. The summed E-state index contributed by atoms with van der Waals surface area (Å²) in [7, 11) is 3.97. The van der Waals surface area contributed by atoms with Crippen molar-refractivity contribution in [2.24, 2.45) is 4.99 Å². The lowest BCUT2D eigenvalue weighted by molar-refractivity contribution is 0.637. The Labute approximate surface area is 147 Å². The molecular weight excluding hydrogens is 326 g/mol. The molecule has 3 rings (SSSR count). The molecule has 120 valence electrons. The normalized spacial score (nSPS) is 13.1. The highest BCUT2D eigenvalue weighted by molar-refractivity contribution is 7.99. The molecule has 2 aromatic rings. The molecule has 5 heteroatoms. The molecule has 23 heavy (non-hydrogen) atoms. The first-order chi connectivity index (χ1) is 11.1. The maximum Gasteiger partial charge on any atom is 0.0844 e. The van der Waals surface area contributed by atoms with Crippen molar-refractivity contribution in [3.05, 3.63) is 47.5 Å². The average Bonchev–Trinajstić information content (AvgIpc) is 2.54. The second-order valence-electron chi connectivity index (χ2n) is 5.67. The zero-order valence-electron chi connectivity index (χ0n) is 13.4. The van der Waals surface area contributed by atoms with Gasteiger partial charge in [-0.25, -0.2) is 0 Å². The Morgan fingerprint density at radius 2 is 1.91 bits per heavy atom. The van der Waals surface area contributed by atoms with Gasteiger partial charge in [-0.05, 0) is 36.8 Å². The second kappa shape index (κ2) is 7.28. The maximum atomic E-state index is 6.22. The zero-order valence-corrected chi connectivity index (χ0v) is 14.9. The highest BCUT2D eigenvalue weighted by Gasteiger charge is 2.22. The van der Waals surface area contributed by atoms with E-state index in [1.165, 1.54) is 21.2 Å². The Bertz CT molecular complexity index is 715. The van der Waals surface area contributed by atoms with Gasteiger partial charge in [-0.3, -0.25) is 4.99 Å². The van der Waals surface area contributed by atoms with Gasteiger partial charge in [0, 0.05) is 42.0 Å². The van der Waals surface area contributed by atoms with E-state index in [0.29, 0.717) is 0 Å². The number of halogens is 1. The molecule has 0 bridgehead atoms. The Hall–Kier alpha value is -1.65. The fourth-order valence-corrected chi connectivity index (χ4v) is 3.83. The van der Waals surface area contributed by atoms with E-state index in [4.69, 9.17) is 11.6 Å². The molecule has 3 nitrogen and oxygen atoms in total. The first kappa shape index (κ1) is 16.2. The summed E-state index contributed by atoms with van der Waals surface area (Å²) in [6, 6.07) is 14.7. The average molecular weight is 346 g/mol. The second-order valence-corrected chi connectivity index (χ2v) is 7.19. The molecule has 0 spiro atoms. The number of hydrogen-bond acceptors (Lipinski definition) is 3. The van der Waals surface area contributed by atoms with Crippen molar-refractivity contribution in [3.8, 4) is 0 Å². The van der Waals surface area contributed by atoms with Gasteiger partial charge < -0.3 is 9.80 Å². The topological polar surface area (TPSA) is 18.8 Å². The molecule has 0 atom stereocenters. The molecule has 0 aromatic heterocycles. The van der Waals surface area contributed by atoms with Gasteiger partial charge in [-0.2, -0.15) is 0 Å². The maximum absolute atomic E-state index is 6.22. The summed E-state index contributed by atoms with van der Waals surface area (Å²) in [5, 5.41) is 0.777. The van der Waals surface area contributed by atoms with Crippen LogP contribution in [0.25, 0.3) is 0 Å². The molecule has 1 aliphatic rings. The number of fused-ring (bicyclic) bond motifs is 2. The number of hydrogen-bond donors (Lipinski definition) is 0. The van der Waals surface area contributed by atoms with Gasteiger partial charge in [-0.1, -0.05) is 35.5 Å². The molecule has 0 N–H and O–H groups in total. The first-order valence-electron chi connectivity index (χ1n) is 7.65. The SMILES string of the molecule is CN(C)C=NCCCN1c2ccccc2Sc2ccc(Cl)cc21. The molecule has 2 aromatic carbocycles. The Morgan fingerprint density at radius 1 is 1.13 bits per heavy atom. The van der Waals surface area contributed by atoms with Crippen LogP contribution in [-0.2, 0) is 0 Å². The molecule has 0 amide bonds. The summed E-state index contributed by atoms with van der Waals surface area (Å²) in [5.41, 5.74) is 2.45. The van der Waals surface area contributed by atoms with Crippen LogP contribution in [-0.4, -0.2) is 38.4 Å². The van der Waals surface area contributed by atoms with E-state index in [2.05, 4.69) is 46.3 Å². The summed E-state index contributed by atoms with van der Waals surface area (Å²) >= 11 is 8.03. The minimum absolute atomic E-state index is 0.777. The largest absolute Gasteiger partial charge is 0.369 e. The Balaban J connectivity index is 1.82. The molecule has 0 fully saturated rings. The summed E-state index contributed by atoms with van der Waals surface area (Å²) in [6.45, 7) is 1.75. The van der Waals surface area contributed by atoms with Crippen molar-refractivity contribution in [3.63, 3.8) is 0 Å². The van der Waals surface area contributed by atoms with Crippen molar-refractivity contribution in [2.45, 2.75) is 16.2 Å². The number of para-hydroxylation sites is 1. The van der Waals surface area contributed by atoms with Crippen LogP contribution < -0.4 is 4.90 Å². The lowest BCUT2D eigenvalue weighted by atomic mass is 10.2. The van der Waals surface area contributed by atoms with Crippen LogP contribution >= 0.6 is 23.4 Å². The van der Waals surface area contributed by atoms with Gasteiger partial charge in [0.2, 0.25) is 0 Å². The van der Waals surface area contributed by atoms with Crippen molar-refractivity contribution < 1.29 is 0 Å². The molecule has 0 aliphatic carbocycles. The lowest BCUT2D eigenvalue weighted by Gasteiger charge is -2.32. The van der Waals surface area contributed by atoms with Crippen LogP contribution in [0.1, 0.15) is 6.42 Å². The predicted octanol–water partition coefficient (Wildman–Crippen LogP) is 4.92. The zero-order chi connectivity index (χ0) is 16.2. The summed E-state index contributed by atoms with van der Waals surface area (Å²) in [5.74, 6) is 0. The van der Waals surface area contributed by atoms with E-state index in [9.17, 15) is 0 Å². The number of rotatable bonds is 5. The smallest absolute Gasteiger partial charge is 0.0844 e. The highest BCUT2D eigenvalue weighted by atomic mass is 35.5. The minimum atomic E-state index is 0.777. The summed E-state index contributed by atoms with van der Waals surface area (Å²) in [6.07, 6.45) is 2.86. The third kappa shape index (κ3) is 3.82. The molecule has 0 unspecified atom stereocenters. The van der Waals surface area contributed by atoms with Gasteiger partial charge in [0.05, 0.1) is 17.7 Å². The van der Waals surface area contributed by atoms with Crippen LogP contribution in [0.4, 0.5) is 11.4 Å². The number of benzene rings is 2. The fourth-order valence-electron chi connectivity index (χ4n) is 2.58. The van der Waals surface area contributed by atoms with Crippen LogP contribution in [0.15, 0.2) is 57.2 Å². The predicted molar refractivity (Wildman–Crippen MR) is 101 cm³/mol. The molecule has 0 radical (unpaired) electrons. The third-order valence-corrected chi connectivity index (χ3v) is 4.93. The van der Waals surface area contributed by atoms with Gasteiger partial charge in [-0.15, -0.1) is 0 Å². The standard InChI is InChI=1S/C18H20ClN3S/c1-21(2)13-20-10-5-11-22-15-6-3-4-7-17(15)23-18-9-8-14(19)12-16(18)22/h3-4,6-9,12-13H,5,10-11H2,1-2H3. The van der Waals surface area contributed by atoms with Crippen molar-refractivity contribution in [2.75, 3.05) is 32.1 Å². The van der Waals surface area contributed by atoms with E-state index in [1.54, 1.807) is 11.8 Å². The fraction of sp³-hybridized carbons (Fsp3) is 0.278. The molecule has 1 aliphatic heterocycles. The third-order valence-electron chi connectivity index (χ3n) is 3.57. The molecular formula is C18H20ClN3S. The van der Waals surface area contributed by atoms with E-state index in [0.717, 1.165) is 24.5 Å².